The summed E-state index contributed by atoms with van der Waals surface area (Å²) in [4.78, 5) is 10.3. The number of benzene rings is 1. The molecule has 0 saturated heterocycles. The summed E-state index contributed by atoms with van der Waals surface area (Å²) in [6, 6.07) is 4.22. The van der Waals surface area contributed by atoms with Gasteiger partial charge < -0.3 is 10.8 Å². The lowest BCUT2D eigenvalue weighted by Gasteiger charge is -2.08. The lowest BCUT2D eigenvalue weighted by Crippen LogP contribution is -2.22. The first-order valence-electron chi connectivity index (χ1n) is 4.07. The van der Waals surface area contributed by atoms with Gasteiger partial charge >= 0.3 is 5.97 Å². The van der Waals surface area contributed by atoms with E-state index in [-0.39, 0.29) is 10.7 Å². The van der Waals surface area contributed by atoms with Crippen LogP contribution in [-0.4, -0.2) is 25.2 Å². The molecule has 0 amide bonds. The van der Waals surface area contributed by atoms with Gasteiger partial charge in [-0.1, -0.05) is 11.6 Å². The second kappa shape index (κ2) is 4.58. The summed E-state index contributed by atoms with van der Waals surface area (Å²) in [5.41, 5.74) is 5.81. The average molecular weight is 265 g/mol. The van der Waals surface area contributed by atoms with E-state index in [2.05, 4.69) is 0 Å². The molecule has 0 heterocycles. The second-order valence-electron chi connectivity index (χ2n) is 2.99. The maximum absolute atomic E-state index is 11.3. The third-order valence-electron chi connectivity index (χ3n) is 1.57. The molecule has 1 rings (SSSR count). The molecule has 0 atom stereocenters. The molecule has 0 unspecified atom stereocenters. The molecule has 1 aromatic rings. The van der Waals surface area contributed by atoms with Crippen LogP contribution in [0.3, 0.4) is 0 Å². The molecular weight excluding hydrogens is 256 g/mol. The molecule has 0 radical (unpaired) electrons. The number of halogens is 1. The minimum atomic E-state index is -3.96. The zero-order chi connectivity index (χ0) is 12.3. The highest BCUT2D eigenvalue weighted by atomic mass is 35.5. The molecule has 1 aromatic carbocycles. The molecule has 0 aliphatic rings. The number of nitrogens with two attached hydrogens (primary N) is 1. The summed E-state index contributed by atoms with van der Waals surface area (Å²) < 4.78 is 24.6. The summed E-state index contributed by atoms with van der Waals surface area (Å²) in [5.74, 6) is -2.48. The van der Waals surface area contributed by atoms with Crippen molar-refractivity contribution in [2.24, 2.45) is 0 Å². The highest BCUT2D eigenvalue weighted by Gasteiger charge is 2.16. The van der Waals surface area contributed by atoms with Crippen molar-refractivity contribution in [2.75, 3.05) is 16.2 Å². The largest absolute Gasteiger partial charge is 0.480 e. The number of hydrogen-bond acceptors (Lipinski definition) is 4. The van der Waals surface area contributed by atoms with Gasteiger partial charge in [-0.25, -0.2) is 8.42 Å². The van der Waals surface area contributed by atoms with Gasteiger partial charge in [0, 0.05) is 5.69 Å². The van der Waals surface area contributed by atoms with Gasteiger partial charge in [-0.15, -0.1) is 0 Å². The molecule has 0 fully saturated rings. The minimum absolute atomic E-state index is 0.0583. The minimum Gasteiger partial charge on any atom is -0.480 e. The molecule has 6 nitrogen and oxygen atoms in total. The van der Waals surface area contributed by atoms with Crippen molar-refractivity contribution >= 4 is 39.0 Å². The van der Waals surface area contributed by atoms with E-state index in [4.69, 9.17) is 22.4 Å². The van der Waals surface area contributed by atoms with Crippen molar-refractivity contribution in [3.8, 4) is 0 Å². The first kappa shape index (κ1) is 12.6. The molecule has 16 heavy (non-hydrogen) atoms. The highest BCUT2D eigenvalue weighted by molar-refractivity contribution is 7.93. The lowest BCUT2D eigenvalue weighted by atomic mass is 10.3. The van der Waals surface area contributed by atoms with Crippen molar-refractivity contribution in [3.63, 3.8) is 0 Å². The standard InChI is InChI=1S/C8H9ClN2O4S/c9-6-2-1-5(10)3-7(6)11-16(14,15)4-8(12)13/h1-3,11H,4,10H2,(H,12,13). The Labute approximate surface area is 97.1 Å². The van der Waals surface area contributed by atoms with Gasteiger partial charge in [-0.05, 0) is 18.2 Å². The average Bonchev–Trinajstić information content (AvgIpc) is 2.08. The molecule has 0 aliphatic heterocycles. The molecule has 88 valence electrons. The fourth-order valence-corrected chi connectivity index (χ4v) is 2.11. The van der Waals surface area contributed by atoms with Gasteiger partial charge in [0.2, 0.25) is 10.0 Å². The Hall–Kier alpha value is -1.47. The number of anilines is 2. The number of carboxylic acid groups (broad SMARTS) is 1. The molecule has 0 bridgehead atoms. The maximum atomic E-state index is 11.3. The van der Waals surface area contributed by atoms with Crippen LogP contribution in [0.5, 0.6) is 0 Å². The first-order valence-corrected chi connectivity index (χ1v) is 6.10. The van der Waals surface area contributed by atoms with E-state index in [1.54, 1.807) is 0 Å². The topological polar surface area (TPSA) is 109 Å². The van der Waals surface area contributed by atoms with E-state index >= 15 is 0 Å². The zero-order valence-electron chi connectivity index (χ0n) is 7.97. The van der Waals surface area contributed by atoms with Gasteiger partial charge in [0.05, 0.1) is 10.7 Å². The van der Waals surface area contributed by atoms with Gasteiger partial charge in [0.1, 0.15) is 0 Å². The fraction of sp³-hybridized carbons (Fsp3) is 0.125. The van der Waals surface area contributed by atoms with Crippen LogP contribution in [0.4, 0.5) is 11.4 Å². The van der Waals surface area contributed by atoms with Gasteiger partial charge in [0.25, 0.3) is 0 Å². The van der Waals surface area contributed by atoms with Crippen molar-refractivity contribution in [3.05, 3.63) is 23.2 Å². The monoisotopic (exact) mass is 264 g/mol. The molecular formula is C8H9ClN2O4S. The van der Waals surface area contributed by atoms with E-state index < -0.39 is 21.7 Å². The highest BCUT2D eigenvalue weighted by Crippen LogP contribution is 2.24. The number of carboxylic acids is 1. The quantitative estimate of drug-likeness (QED) is 0.695. The van der Waals surface area contributed by atoms with Gasteiger partial charge in [-0.3, -0.25) is 9.52 Å². The van der Waals surface area contributed by atoms with E-state index in [1.807, 2.05) is 4.72 Å². The molecule has 0 aromatic heterocycles. The van der Waals surface area contributed by atoms with Crippen LogP contribution in [0.15, 0.2) is 18.2 Å². The van der Waals surface area contributed by atoms with Crippen molar-refractivity contribution < 1.29 is 18.3 Å². The van der Waals surface area contributed by atoms with E-state index in [0.29, 0.717) is 5.69 Å². The number of nitrogen functional groups attached to an aromatic ring is 1. The number of nitrogens with one attached hydrogen (secondary N) is 1. The smallest absolute Gasteiger partial charge is 0.320 e. The van der Waals surface area contributed by atoms with Crippen molar-refractivity contribution in [1.29, 1.82) is 0 Å². The zero-order valence-corrected chi connectivity index (χ0v) is 9.55. The Kier molecular flexibility index (Phi) is 3.61. The third kappa shape index (κ3) is 3.59. The predicted molar refractivity (Wildman–Crippen MR) is 60.9 cm³/mol. The van der Waals surface area contributed by atoms with Crippen LogP contribution in [0.25, 0.3) is 0 Å². The summed E-state index contributed by atoms with van der Waals surface area (Å²) >= 11 is 5.71. The SMILES string of the molecule is Nc1ccc(Cl)c(NS(=O)(=O)CC(=O)O)c1. The summed E-state index contributed by atoms with van der Waals surface area (Å²) in [6.45, 7) is 0. The molecule has 0 saturated carbocycles. The molecule has 0 spiro atoms. The summed E-state index contributed by atoms with van der Waals surface area (Å²) in [5, 5.41) is 8.52. The maximum Gasteiger partial charge on any atom is 0.320 e. The number of hydrogen-bond donors (Lipinski definition) is 3. The van der Waals surface area contributed by atoms with E-state index in [0.717, 1.165) is 0 Å². The Morgan fingerprint density at radius 1 is 1.50 bits per heavy atom. The Bertz CT molecular complexity index is 515. The van der Waals surface area contributed by atoms with E-state index in [1.165, 1.54) is 18.2 Å². The summed E-state index contributed by atoms with van der Waals surface area (Å²) in [6.07, 6.45) is 0. The lowest BCUT2D eigenvalue weighted by molar-refractivity contribution is -0.134. The number of rotatable bonds is 4. The molecule has 4 N–H and O–H groups in total. The van der Waals surface area contributed by atoms with Crippen LogP contribution in [-0.2, 0) is 14.8 Å². The molecule has 8 heteroatoms. The van der Waals surface area contributed by atoms with Crippen LogP contribution < -0.4 is 10.5 Å². The fourth-order valence-electron chi connectivity index (χ4n) is 0.987. The summed E-state index contributed by atoms with van der Waals surface area (Å²) in [7, 11) is -3.96. The van der Waals surface area contributed by atoms with Crippen LogP contribution in [0.2, 0.25) is 5.02 Å². The van der Waals surface area contributed by atoms with Crippen LogP contribution >= 0.6 is 11.6 Å². The van der Waals surface area contributed by atoms with Crippen LogP contribution in [0, 0.1) is 0 Å². The Morgan fingerprint density at radius 2 is 2.12 bits per heavy atom. The number of carbonyl (C=O) groups is 1. The Morgan fingerprint density at radius 3 is 2.69 bits per heavy atom. The van der Waals surface area contributed by atoms with Crippen LogP contribution in [0.1, 0.15) is 0 Å². The van der Waals surface area contributed by atoms with Gasteiger partial charge in [-0.2, -0.15) is 0 Å². The van der Waals surface area contributed by atoms with Crippen molar-refractivity contribution in [1.82, 2.24) is 0 Å². The Balaban J connectivity index is 2.96. The first-order chi connectivity index (χ1) is 7.30. The predicted octanol–water partition coefficient (Wildman–Crippen LogP) is 0.748. The normalized spacial score (nSPS) is 11.1. The number of aliphatic carboxylic acids is 1. The number of sulfonamides is 1. The third-order valence-corrected chi connectivity index (χ3v) is 3.06. The molecule has 0 aliphatic carbocycles. The van der Waals surface area contributed by atoms with Crippen molar-refractivity contribution in [2.45, 2.75) is 0 Å². The second-order valence-corrected chi connectivity index (χ2v) is 5.12. The van der Waals surface area contributed by atoms with E-state index in [9.17, 15) is 13.2 Å². The van der Waals surface area contributed by atoms with Gasteiger partial charge in [0.15, 0.2) is 5.75 Å².